The van der Waals surface area contributed by atoms with Gasteiger partial charge < -0.3 is 10.2 Å². The number of rotatable bonds is 6. The Bertz CT molecular complexity index is 239. The molecule has 0 unspecified atom stereocenters. The minimum Gasteiger partial charge on any atom is -0.317 e. The van der Waals surface area contributed by atoms with Crippen LogP contribution in [-0.2, 0) is 0 Å². The second kappa shape index (κ2) is 6.38. The Kier molecular flexibility index (Phi) is 5.08. The fourth-order valence-corrected chi connectivity index (χ4v) is 3.99. The standard InChI is InChI=1S/C16H32N2.H2/c1-4-17-8-5-15-11-16(12-15)6-9-18(10-7-16)13-14(2)3;/h14-15,17H,4-13H2,1-3H3;1H. The van der Waals surface area contributed by atoms with E-state index in [-0.39, 0.29) is 1.43 Å². The summed E-state index contributed by atoms with van der Waals surface area (Å²) in [6.07, 6.45) is 7.39. The van der Waals surface area contributed by atoms with Crippen molar-refractivity contribution in [2.24, 2.45) is 17.3 Å². The summed E-state index contributed by atoms with van der Waals surface area (Å²) in [5.74, 6) is 1.86. The lowest BCUT2D eigenvalue weighted by molar-refractivity contribution is -0.0180. The SMILES string of the molecule is CCNCCC1CC2(CCN(CC(C)C)CC2)C1.[HH]. The molecule has 0 aromatic heterocycles. The lowest BCUT2D eigenvalue weighted by Gasteiger charge is -2.52. The first-order valence-electron chi connectivity index (χ1n) is 8.06. The molecule has 1 spiro atoms. The highest BCUT2D eigenvalue weighted by Gasteiger charge is 2.44. The molecule has 2 rings (SSSR count). The van der Waals surface area contributed by atoms with Gasteiger partial charge in [-0.25, -0.2) is 0 Å². The molecule has 2 fully saturated rings. The van der Waals surface area contributed by atoms with Gasteiger partial charge in [0, 0.05) is 7.97 Å². The van der Waals surface area contributed by atoms with Crippen LogP contribution in [0.15, 0.2) is 0 Å². The highest BCUT2D eigenvalue weighted by atomic mass is 15.1. The second-order valence-corrected chi connectivity index (χ2v) is 7.11. The quantitative estimate of drug-likeness (QED) is 0.731. The molecule has 0 radical (unpaired) electrons. The third kappa shape index (κ3) is 3.71. The number of likely N-dealkylation sites (tertiary alicyclic amines) is 1. The molecule has 2 nitrogen and oxygen atoms in total. The number of hydrogen-bond donors (Lipinski definition) is 1. The maximum absolute atomic E-state index is 3.46. The maximum Gasteiger partial charge on any atom is 0.000439 e. The Morgan fingerprint density at radius 1 is 1.28 bits per heavy atom. The molecule has 2 aliphatic rings. The maximum atomic E-state index is 3.46. The number of hydrogen-bond acceptors (Lipinski definition) is 2. The lowest BCUT2D eigenvalue weighted by Crippen LogP contribution is -2.48. The smallest absolute Gasteiger partial charge is 0.000439 e. The molecule has 1 saturated heterocycles. The third-order valence-electron chi connectivity index (χ3n) is 4.96. The van der Waals surface area contributed by atoms with Crippen molar-refractivity contribution in [2.45, 2.75) is 52.9 Å². The molecule has 0 amide bonds. The zero-order valence-electron chi connectivity index (χ0n) is 12.7. The Morgan fingerprint density at radius 3 is 2.50 bits per heavy atom. The molecule has 0 aromatic carbocycles. The van der Waals surface area contributed by atoms with E-state index in [2.05, 4.69) is 31.0 Å². The summed E-state index contributed by atoms with van der Waals surface area (Å²) in [7, 11) is 0. The van der Waals surface area contributed by atoms with Crippen molar-refractivity contribution >= 4 is 0 Å². The average Bonchev–Trinajstić information content (AvgIpc) is 2.29. The van der Waals surface area contributed by atoms with Crippen molar-refractivity contribution < 1.29 is 1.43 Å². The van der Waals surface area contributed by atoms with Crippen LogP contribution in [0.5, 0.6) is 0 Å². The van der Waals surface area contributed by atoms with Gasteiger partial charge >= 0.3 is 0 Å². The van der Waals surface area contributed by atoms with Gasteiger partial charge in [-0.05, 0) is 75.5 Å². The van der Waals surface area contributed by atoms with Crippen LogP contribution in [0.2, 0.25) is 0 Å². The van der Waals surface area contributed by atoms with E-state index in [9.17, 15) is 0 Å². The van der Waals surface area contributed by atoms with Crippen molar-refractivity contribution in [2.75, 3.05) is 32.7 Å². The normalized spacial score (nSPS) is 24.7. The van der Waals surface area contributed by atoms with E-state index in [0.717, 1.165) is 23.8 Å². The predicted octanol–water partition coefficient (Wildman–Crippen LogP) is 3.38. The second-order valence-electron chi connectivity index (χ2n) is 7.11. The molecule has 18 heavy (non-hydrogen) atoms. The van der Waals surface area contributed by atoms with E-state index in [1.807, 2.05) is 0 Å². The zero-order chi connectivity index (χ0) is 13.0. The van der Waals surface area contributed by atoms with Crippen LogP contribution in [0.1, 0.15) is 54.3 Å². The van der Waals surface area contributed by atoms with Gasteiger partial charge in [-0.3, -0.25) is 0 Å². The summed E-state index contributed by atoms with van der Waals surface area (Å²) in [6, 6.07) is 0. The molecule has 0 bridgehead atoms. The Balaban J connectivity index is 0.00000180. The Morgan fingerprint density at radius 2 is 1.94 bits per heavy atom. The number of nitrogens with zero attached hydrogens (tertiary/aromatic N) is 1. The van der Waals surface area contributed by atoms with Gasteiger partial charge in [-0.2, -0.15) is 0 Å². The lowest BCUT2D eigenvalue weighted by atomic mass is 9.57. The minimum absolute atomic E-state index is 0. The van der Waals surface area contributed by atoms with Gasteiger partial charge in [0.1, 0.15) is 0 Å². The van der Waals surface area contributed by atoms with Gasteiger partial charge in [0.15, 0.2) is 0 Å². The summed E-state index contributed by atoms with van der Waals surface area (Å²) in [5.41, 5.74) is 0.768. The monoisotopic (exact) mass is 254 g/mol. The summed E-state index contributed by atoms with van der Waals surface area (Å²) in [4.78, 5) is 2.68. The molecule has 1 heterocycles. The summed E-state index contributed by atoms with van der Waals surface area (Å²) >= 11 is 0. The van der Waals surface area contributed by atoms with Crippen LogP contribution < -0.4 is 5.32 Å². The molecular weight excluding hydrogens is 220 g/mol. The van der Waals surface area contributed by atoms with Crippen molar-refractivity contribution in [3.05, 3.63) is 0 Å². The van der Waals surface area contributed by atoms with E-state index >= 15 is 0 Å². The first-order valence-corrected chi connectivity index (χ1v) is 8.06. The fourth-order valence-electron chi connectivity index (χ4n) is 3.99. The molecule has 1 saturated carbocycles. The summed E-state index contributed by atoms with van der Waals surface area (Å²) in [6.45, 7) is 13.3. The molecular formula is C16H34N2. The third-order valence-corrected chi connectivity index (χ3v) is 4.96. The Labute approximate surface area is 115 Å². The molecule has 108 valence electrons. The minimum atomic E-state index is 0. The van der Waals surface area contributed by atoms with Crippen molar-refractivity contribution in [3.8, 4) is 0 Å². The van der Waals surface area contributed by atoms with Crippen LogP contribution in [0.25, 0.3) is 0 Å². The highest BCUT2D eigenvalue weighted by molar-refractivity contribution is 4.97. The molecule has 1 aliphatic heterocycles. The van der Waals surface area contributed by atoms with E-state index in [1.165, 1.54) is 58.3 Å². The van der Waals surface area contributed by atoms with Gasteiger partial charge in [0.2, 0.25) is 0 Å². The van der Waals surface area contributed by atoms with Crippen LogP contribution in [0.3, 0.4) is 0 Å². The highest BCUT2D eigenvalue weighted by Crippen LogP contribution is 2.53. The first kappa shape index (κ1) is 14.3. The Hall–Kier alpha value is -0.0800. The van der Waals surface area contributed by atoms with E-state index in [4.69, 9.17) is 0 Å². The summed E-state index contributed by atoms with van der Waals surface area (Å²) < 4.78 is 0. The van der Waals surface area contributed by atoms with Crippen molar-refractivity contribution in [1.82, 2.24) is 10.2 Å². The topological polar surface area (TPSA) is 15.3 Å². The van der Waals surface area contributed by atoms with Gasteiger partial charge in [-0.1, -0.05) is 20.8 Å². The van der Waals surface area contributed by atoms with Crippen LogP contribution in [0.4, 0.5) is 0 Å². The molecule has 0 atom stereocenters. The fraction of sp³-hybridized carbons (Fsp3) is 1.00. The predicted molar refractivity (Wildman–Crippen MR) is 80.9 cm³/mol. The van der Waals surface area contributed by atoms with E-state index in [1.54, 1.807) is 0 Å². The van der Waals surface area contributed by atoms with Crippen LogP contribution in [-0.4, -0.2) is 37.6 Å². The van der Waals surface area contributed by atoms with Crippen LogP contribution >= 0.6 is 0 Å². The van der Waals surface area contributed by atoms with Gasteiger partial charge in [0.05, 0.1) is 0 Å². The molecule has 2 heteroatoms. The number of nitrogens with one attached hydrogen (secondary N) is 1. The molecule has 1 N–H and O–H groups in total. The molecule has 1 aliphatic carbocycles. The van der Waals surface area contributed by atoms with Gasteiger partial charge in [0.25, 0.3) is 0 Å². The average molecular weight is 254 g/mol. The zero-order valence-corrected chi connectivity index (χ0v) is 12.7. The van der Waals surface area contributed by atoms with Crippen molar-refractivity contribution in [3.63, 3.8) is 0 Å². The largest absolute Gasteiger partial charge is 0.317 e. The van der Waals surface area contributed by atoms with Gasteiger partial charge in [-0.15, -0.1) is 0 Å². The first-order chi connectivity index (χ1) is 8.63. The van der Waals surface area contributed by atoms with E-state index < -0.39 is 0 Å². The molecule has 0 aromatic rings. The van der Waals surface area contributed by atoms with Crippen LogP contribution in [0, 0.1) is 17.3 Å². The summed E-state index contributed by atoms with van der Waals surface area (Å²) in [5, 5.41) is 3.46. The number of piperidine rings is 1. The van der Waals surface area contributed by atoms with E-state index in [0.29, 0.717) is 0 Å². The van der Waals surface area contributed by atoms with Crippen molar-refractivity contribution in [1.29, 1.82) is 0 Å².